The van der Waals surface area contributed by atoms with Crippen molar-refractivity contribution in [2.45, 2.75) is 24.2 Å². The summed E-state index contributed by atoms with van der Waals surface area (Å²) in [4.78, 5) is 18.4. The second-order valence-corrected chi connectivity index (χ2v) is 8.93. The molecular formula is C18H28IN5O3S. The Labute approximate surface area is 183 Å². The first kappa shape index (κ1) is 22.9. The zero-order valence-electron chi connectivity index (χ0n) is 16.0. The minimum atomic E-state index is -3.50. The Morgan fingerprint density at radius 1 is 1.29 bits per heavy atom. The van der Waals surface area contributed by atoms with Crippen LogP contribution in [0.2, 0.25) is 0 Å². The van der Waals surface area contributed by atoms with Gasteiger partial charge in [-0.3, -0.25) is 9.79 Å². The first-order valence-corrected chi connectivity index (χ1v) is 10.7. The van der Waals surface area contributed by atoms with Gasteiger partial charge in [0, 0.05) is 51.6 Å². The Morgan fingerprint density at radius 3 is 2.68 bits per heavy atom. The van der Waals surface area contributed by atoms with Crippen LogP contribution in [0.25, 0.3) is 0 Å². The molecule has 0 aromatic heterocycles. The first-order chi connectivity index (χ1) is 12.9. The summed E-state index contributed by atoms with van der Waals surface area (Å²) in [5.74, 6) is 0.863. The van der Waals surface area contributed by atoms with Crippen molar-refractivity contribution in [3.05, 3.63) is 30.3 Å². The Balaban J connectivity index is 0.00000280. The molecule has 3 rings (SSSR count). The van der Waals surface area contributed by atoms with Crippen LogP contribution in [0.4, 0.5) is 0 Å². The number of carbonyl (C=O) groups is 1. The molecule has 0 aliphatic carbocycles. The van der Waals surface area contributed by atoms with Crippen molar-refractivity contribution in [1.29, 1.82) is 0 Å². The van der Waals surface area contributed by atoms with Crippen molar-refractivity contribution in [3.8, 4) is 0 Å². The highest BCUT2D eigenvalue weighted by Crippen LogP contribution is 2.35. The fraction of sp³-hybridized carbons (Fsp3) is 0.556. The van der Waals surface area contributed by atoms with E-state index in [4.69, 9.17) is 0 Å². The van der Waals surface area contributed by atoms with Crippen LogP contribution < -0.4 is 15.4 Å². The number of rotatable bonds is 5. The Bertz CT molecular complexity index is 803. The van der Waals surface area contributed by atoms with Crippen molar-refractivity contribution >= 4 is 45.9 Å². The lowest BCUT2D eigenvalue weighted by Crippen LogP contribution is -2.52. The van der Waals surface area contributed by atoms with E-state index in [-0.39, 0.29) is 46.7 Å². The molecule has 1 amide bonds. The van der Waals surface area contributed by atoms with Crippen molar-refractivity contribution in [1.82, 2.24) is 20.3 Å². The lowest BCUT2D eigenvalue weighted by atomic mass is 9.79. The van der Waals surface area contributed by atoms with Crippen LogP contribution in [0.15, 0.2) is 40.2 Å². The predicted molar refractivity (Wildman–Crippen MR) is 119 cm³/mol. The number of aliphatic imine (C=N–C) groups is 1. The molecule has 0 bridgehead atoms. The number of sulfonamides is 1. The van der Waals surface area contributed by atoms with E-state index in [9.17, 15) is 13.2 Å². The SMILES string of the molecule is CN=C(NCCNS(=O)(=O)c1ccccc1)N1CCCC2(CNC(=O)C2)C1.I. The normalized spacial score (nSPS) is 22.7. The molecule has 0 radical (unpaired) electrons. The summed E-state index contributed by atoms with van der Waals surface area (Å²) >= 11 is 0. The highest BCUT2D eigenvalue weighted by Gasteiger charge is 2.42. The van der Waals surface area contributed by atoms with E-state index in [0.29, 0.717) is 13.0 Å². The second kappa shape index (κ2) is 9.88. The molecule has 1 aromatic rings. The second-order valence-electron chi connectivity index (χ2n) is 7.16. The topological polar surface area (TPSA) is 103 Å². The standard InChI is InChI=1S/C18H27N5O3S.HI/c1-19-17(23-11-5-8-18(14-23)12-16(24)21-13-18)20-9-10-22-27(25,26)15-6-3-2-4-7-15;/h2-4,6-7,22H,5,8-14H2,1H3,(H,19,20)(H,21,24);1H. The number of halogens is 1. The van der Waals surface area contributed by atoms with Gasteiger partial charge in [-0.15, -0.1) is 24.0 Å². The fourth-order valence-electron chi connectivity index (χ4n) is 3.80. The van der Waals surface area contributed by atoms with Gasteiger partial charge >= 0.3 is 0 Å². The summed E-state index contributed by atoms with van der Waals surface area (Å²) in [5.41, 5.74) is -0.0121. The van der Waals surface area contributed by atoms with E-state index in [0.717, 1.165) is 38.4 Å². The van der Waals surface area contributed by atoms with Crippen LogP contribution >= 0.6 is 24.0 Å². The minimum Gasteiger partial charge on any atom is -0.355 e. The van der Waals surface area contributed by atoms with Crippen molar-refractivity contribution in [3.63, 3.8) is 0 Å². The minimum absolute atomic E-state index is 0. The highest BCUT2D eigenvalue weighted by molar-refractivity contribution is 14.0. The molecule has 0 saturated carbocycles. The number of benzene rings is 1. The molecule has 8 nitrogen and oxygen atoms in total. The number of guanidine groups is 1. The number of nitrogens with zero attached hydrogens (tertiary/aromatic N) is 2. The number of amides is 1. The summed E-state index contributed by atoms with van der Waals surface area (Å²) in [6.45, 7) is 3.07. The molecule has 1 unspecified atom stereocenters. The molecule has 28 heavy (non-hydrogen) atoms. The third-order valence-corrected chi connectivity index (χ3v) is 6.60. The average Bonchev–Trinajstić information content (AvgIpc) is 3.02. The monoisotopic (exact) mass is 521 g/mol. The molecule has 2 heterocycles. The van der Waals surface area contributed by atoms with Crippen molar-refractivity contribution in [2.24, 2.45) is 10.4 Å². The molecule has 2 aliphatic heterocycles. The fourth-order valence-corrected chi connectivity index (χ4v) is 4.86. The van der Waals surface area contributed by atoms with E-state index in [2.05, 4.69) is 25.2 Å². The zero-order valence-corrected chi connectivity index (χ0v) is 19.1. The summed E-state index contributed by atoms with van der Waals surface area (Å²) in [5, 5.41) is 6.16. The molecule has 1 aromatic carbocycles. The average molecular weight is 521 g/mol. The van der Waals surface area contributed by atoms with Crippen LogP contribution in [0.5, 0.6) is 0 Å². The zero-order chi connectivity index (χ0) is 19.3. The molecule has 2 fully saturated rings. The Kier molecular flexibility index (Phi) is 8.07. The van der Waals surface area contributed by atoms with Crippen LogP contribution in [-0.2, 0) is 14.8 Å². The maximum absolute atomic E-state index is 12.2. The van der Waals surface area contributed by atoms with E-state index in [1.807, 2.05) is 0 Å². The van der Waals surface area contributed by atoms with Gasteiger partial charge in [0.05, 0.1) is 4.90 Å². The van der Waals surface area contributed by atoms with Crippen molar-refractivity contribution < 1.29 is 13.2 Å². The Morgan fingerprint density at radius 2 is 2.04 bits per heavy atom. The van der Waals surface area contributed by atoms with Gasteiger partial charge < -0.3 is 15.5 Å². The largest absolute Gasteiger partial charge is 0.355 e. The third kappa shape index (κ3) is 5.57. The van der Waals surface area contributed by atoms with E-state index in [1.165, 1.54) is 0 Å². The molecule has 1 atom stereocenters. The van der Waals surface area contributed by atoms with Gasteiger partial charge in [-0.25, -0.2) is 13.1 Å². The number of hydrogen-bond acceptors (Lipinski definition) is 4. The number of hydrogen-bond donors (Lipinski definition) is 3. The molecule has 1 spiro atoms. The maximum atomic E-state index is 12.2. The van der Waals surface area contributed by atoms with Gasteiger partial charge in [0.15, 0.2) is 5.96 Å². The Hall–Kier alpha value is -1.40. The van der Waals surface area contributed by atoms with Crippen LogP contribution in [-0.4, -0.2) is 65.0 Å². The number of piperidine rings is 1. The van der Waals surface area contributed by atoms with Gasteiger partial charge in [-0.1, -0.05) is 18.2 Å². The lowest BCUT2D eigenvalue weighted by Gasteiger charge is -2.40. The maximum Gasteiger partial charge on any atom is 0.240 e. The molecular weight excluding hydrogens is 493 g/mol. The summed E-state index contributed by atoms with van der Waals surface area (Å²) < 4.78 is 27.1. The lowest BCUT2D eigenvalue weighted by molar-refractivity contribution is -0.119. The molecule has 3 N–H and O–H groups in total. The quantitative estimate of drug-likeness (QED) is 0.230. The van der Waals surface area contributed by atoms with Crippen LogP contribution in [0, 0.1) is 5.41 Å². The van der Waals surface area contributed by atoms with Gasteiger partial charge in [0.25, 0.3) is 0 Å². The smallest absolute Gasteiger partial charge is 0.240 e. The van der Waals surface area contributed by atoms with E-state index < -0.39 is 10.0 Å². The number of nitrogens with one attached hydrogen (secondary N) is 3. The third-order valence-electron chi connectivity index (χ3n) is 5.12. The van der Waals surface area contributed by atoms with Crippen LogP contribution in [0.3, 0.4) is 0 Å². The van der Waals surface area contributed by atoms with Crippen molar-refractivity contribution in [2.75, 3.05) is 39.8 Å². The molecule has 10 heteroatoms. The molecule has 2 aliphatic rings. The highest BCUT2D eigenvalue weighted by atomic mass is 127. The van der Waals surface area contributed by atoms with Gasteiger partial charge in [0.1, 0.15) is 0 Å². The van der Waals surface area contributed by atoms with Gasteiger partial charge in [0.2, 0.25) is 15.9 Å². The summed E-state index contributed by atoms with van der Waals surface area (Å²) in [6, 6.07) is 8.31. The van der Waals surface area contributed by atoms with Crippen LogP contribution in [0.1, 0.15) is 19.3 Å². The van der Waals surface area contributed by atoms with E-state index in [1.54, 1.807) is 37.4 Å². The van der Waals surface area contributed by atoms with E-state index >= 15 is 0 Å². The number of carbonyl (C=O) groups excluding carboxylic acids is 1. The first-order valence-electron chi connectivity index (χ1n) is 9.21. The van der Waals surface area contributed by atoms with Gasteiger partial charge in [-0.05, 0) is 25.0 Å². The molecule has 2 saturated heterocycles. The summed E-state index contributed by atoms with van der Waals surface area (Å²) in [7, 11) is -1.79. The van der Waals surface area contributed by atoms with Gasteiger partial charge in [-0.2, -0.15) is 0 Å². The predicted octanol–water partition coefficient (Wildman–Crippen LogP) is 0.760. The molecule has 156 valence electrons. The summed E-state index contributed by atoms with van der Waals surface area (Å²) in [6.07, 6.45) is 2.61. The number of likely N-dealkylation sites (tertiary alicyclic amines) is 1.